The van der Waals surface area contributed by atoms with Gasteiger partial charge in [0.15, 0.2) is 6.10 Å². The molecule has 0 radical (unpaired) electrons. The average Bonchev–Trinajstić information content (AvgIpc) is 3.24. The number of carbonyl (C=O) groups excluding carboxylic acids is 1. The van der Waals surface area contributed by atoms with Crippen LogP contribution in [0.25, 0.3) is 16.5 Å². The van der Waals surface area contributed by atoms with E-state index in [0.717, 1.165) is 39.0 Å². The van der Waals surface area contributed by atoms with E-state index in [2.05, 4.69) is 26.1 Å². The SMILES string of the molecule is COc1ccc(C(OC)C(=O)Nc2cc(C(C)(C)C)nn2-c2ccc(C)cc2)c2ccccc12. The minimum atomic E-state index is -0.810. The minimum absolute atomic E-state index is 0.178. The molecule has 1 N–H and O–H groups in total. The summed E-state index contributed by atoms with van der Waals surface area (Å²) in [6.07, 6.45) is -0.810. The van der Waals surface area contributed by atoms with E-state index in [1.807, 2.05) is 73.7 Å². The van der Waals surface area contributed by atoms with Crippen molar-refractivity contribution < 1.29 is 14.3 Å². The zero-order valence-electron chi connectivity index (χ0n) is 20.5. The summed E-state index contributed by atoms with van der Waals surface area (Å²) in [7, 11) is 3.18. The third-order valence-corrected chi connectivity index (χ3v) is 5.90. The van der Waals surface area contributed by atoms with Crippen LogP contribution < -0.4 is 10.1 Å². The number of aryl methyl sites for hydroxylation is 1. The van der Waals surface area contributed by atoms with Crippen molar-refractivity contribution in [2.75, 3.05) is 19.5 Å². The zero-order valence-corrected chi connectivity index (χ0v) is 20.5. The first-order valence-corrected chi connectivity index (χ1v) is 11.3. The van der Waals surface area contributed by atoms with Crippen LogP contribution in [0.3, 0.4) is 0 Å². The Labute approximate surface area is 200 Å². The van der Waals surface area contributed by atoms with Crippen molar-refractivity contribution in [3.8, 4) is 11.4 Å². The fourth-order valence-electron chi connectivity index (χ4n) is 3.99. The van der Waals surface area contributed by atoms with Crippen molar-refractivity contribution in [1.29, 1.82) is 0 Å². The second kappa shape index (κ2) is 9.31. The maximum absolute atomic E-state index is 13.5. The molecule has 6 nitrogen and oxygen atoms in total. The van der Waals surface area contributed by atoms with E-state index in [-0.39, 0.29) is 11.3 Å². The van der Waals surface area contributed by atoms with Crippen molar-refractivity contribution in [3.05, 3.63) is 83.6 Å². The van der Waals surface area contributed by atoms with Crippen LogP contribution in [0.1, 0.15) is 43.7 Å². The number of amides is 1. The predicted molar refractivity (Wildman–Crippen MR) is 136 cm³/mol. The van der Waals surface area contributed by atoms with E-state index < -0.39 is 6.10 Å². The number of nitrogens with zero attached hydrogens (tertiary/aromatic N) is 2. The molecule has 4 rings (SSSR count). The highest BCUT2D eigenvalue weighted by atomic mass is 16.5. The molecule has 0 saturated carbocycles. The van der Waals surface area contributed by atoms with Crippen LogP contribution in [-0.4, -0.2) is 29.9 Å². The summed E-state index contributed by atoms with van der Waals surface area (Å²) in [6.45, 7) is 8.34. The Morgan fingerprint density at radius 1 is 0.971 bits per heavy atom. The summed E-state index contributed by atoms with van der Waals surface area (Å²) in [6, 6.07) is 21.6. The summed E-state index contributed by atoms with van der Waals surface area (Å²) in [4.78, 5) is 13.5. The lowest BCUT2D eigenvalue weighted by atomic mass is 9.92. The average molecular weight is 458 g/mol. The number of hydrogen-bond donors (Lipinski definition) is 1. The van der Waals surface area contributed by atoms with Gasteiger partial charge in [-0.25, -0.2) is 4.68 Å². The third kappa shape index (κ3) is 4.54. The molecule has 0 saturated heterocycles. The predicted octanol–water partition coefficient (Wildman–Crippen LogP) is 5.97. The fraction of sp³-hybridized carbons (Fsp3) is 0.286. The van der Waals surface area contributed by atoms with E-state index in [0.29, 0.717) is 5.82 Å². The number of hydrogen-bond acceptors (Lipinski definition) is 4. The van der Waals surface area contributed by atoms with Crippen molar-refractivity contribution in [2.45, 2.75) is 39.2 Å². The van der Waals surface area contributed by atoms with E-state index in [9.17, 15) is 4.79 Å². The van der Waals surface area contributed by atoms with Gasteiger partial charge in [-0.1, -0.05) is 68.8 Å². The zero-order chi connectivity index (χ0) is 24.5. The van der Waals surface area contributed by atoms with Crippen molar-refractivity contribution in [2.24, 2.45) is 0 Å². The highest BCUT2D eigenvalue weighted by Gasteiger charge is 2.26. The lowest BCUT2D eigenvalue weighted by Gasteiger charge is -2.19. The molecule has 0 spiro atoms. The second-order valence-corrected chi connectivity index (χ2v) is 9.42. The van der Waals surface area contributed by atoms with Crippen molar-refractivity contribution in [3.63, 3.8) is 0 Å². The molecule has 0 aliphatic rings. The molecule has 34 heavy (non-hydrogen) atoms. The Kier molecular flexibility index (Phi) is 6.44. The lowest BCUT2D eigenvalue weighted by Crippen LogP contribution is -2.24. The quantitative estimate of drug-likeness (QED) is 0.388. The fourth-order valence-corrected chi connectivity index (χ4v) is 3.99. The van der Waals surface area contributed by atoms with E-state index >= 15 is 0 Å². The molecule has 3 aromatic carbocycles. The molecule has 0 fully saturated rings. The number of anilines is 1. The second-order valence-electron chi connectivity index (χ2n) is 9.42. The molecule has 1 atom stereocenters. The van der Waals surface area contributed by atoms with Gasteiger partial charge in [0.1, 0.15) is 11.6 Å². The molecule has 6 heteroatoms. The highest BCUT2D eigenvalue weighted by molar-refractivity contribution is 5.99. The number of nitrogens with one attached hydrogen (secondary N) is 1. The molecular formula is C28H31N3O3. The van der Waals surface area contributed by atoms with E-state index in [1.165, 1.54) is 0 Å². The Morgan fingerprint density at radius 2 is 1.65 bits per heavy atom. The number of aromatic nitrogens is 2. The first kappa shape index (κ1) is 23.5. The van der Waals surface area contributed by atoms with Gasteiger partial charge in [0.2, 0.25) is 0 Å². The Balaban J connectivity index is 1.74. The molecule has 1 aromatic heterocycles. The lowest BCUT2D eigenvalue weighted by molar-refractivity contribution is -0.126. The number of benzene rings is 3. The molecule has 1 unspecified atom stereocenters. The standard InChI is InChI=1S/C28H31N3O3/c1-18-11-13-19(14-12-18)31-25(17-24(30-31)28(2,3)4)29-27(32)26(34-6)22-15-16-23(33-5)21-10-8-7-9-20(21)22/h7-17,26H,1-6H3,(H,29,32). The van der Waals surface area contributed by atoms with Gasteiger partial charge in [-0.05, 0) is 36.1 Å². The number of rotatable bonds is 6. The number of carbonyl (C=O) groups is 1. The first-order valence-electron chi connectivity index (χ1n) is 11.3. The molecule has 4 aromatic rings. The minimum Gasteiger partial charge on any atom is -0.496 e. The summed E-state index contributed by atoms with van der Waals surface area (Å²) in [5.74, 6) is 1.08. The van der Waals surface area contributed by atoms with E-state index in [4.69, 9.17) is 14.6 Å². The third-order valence-electron chi connectivity index (χ3n) is 5.90. The van der Waals surface area contributed by atoms with Crippen molar-refractivity contribution >= 4 is 22.5 Å². The molecule has 1 amide bonds. The topological polar surface area (TPSA) is 65.4 Å². The molecular weight excluding hydrogens is 426 g/mol. The van der Waals surface area contributed by atoms with Gasteiger partial charge in [0, 0.05) is 24.0 Å². The smallest absolute Gasteiger partial charge is 0.259 e. The monoisotopic (exact) mass is 457 g/mol. The molecule has 0 bridgehead atoms. The maximum Gasteiger partial charge on any atom is 0.259 e. The van der Waals surface area contributed by atoms with Gasteiger partial charge in [-0.3, -0.25) is 4.79 Å². The molecule has 176 valence electrons. The maximum atomic E-state index is 13.5. The van der Waals surface area contributed by atoms with Crippen molar-refractivity contribution in [1.82, 2.24) is 9.78 Å². The van der Waals surface area contributed by atoms with Gasteiger partial charge in [-0.2, -0.15) is 5.10 Å². The first-order chi connectivity index (χ1) is 16.2. The van der Waals surface area contributed by atoms with Gasteiger partial charge < -0.3 is 14.8 Å². The van der Waals surface area contributed by atoms with Gasteiger partial charge >= 0.3 is 0 Å². The van der Waals surface area contributed by atoms with E-state index in [1.54, 1.807) is 18.9 Å². The normalized spacial score (nSPS) is 12.5. The van der Waals surface area contributed by atoms with Crippen LogP contribution in [0, 0.1) is 6.92 Å². The van der Waals surface area contributed by atoms with Gasteiger partial charge in [-0.15, -0.1) is 0 Å². The largest absolute Gasteiger partial charge is 0.496 e. The Bertz CT molecular complexity index is 1320. The Hall–Kier alpha value is -3.64. The summed E-state index contributed by atoms with van der Waals surface area (Å²) < 4.78 is 13.0. The number of fused-ring (bicyclic) bond motifs is 1. The highest BCUT2D eigenvalue weighted by Crippen LogP contribution is 2.34. The molecule has 0 aliphatic carbocycles. The molecule has 1 heterocycles. The van der Waals surface area contributed by atoms with Crippen LogP contribution >= 0.6 is 0 Å². The van der Waals surface area contributed by atoms with Gasteiger partial charge in [0.05, 0.1) is 18.5 Å². The summed E-state index contributed by atoms with van der Waals surface area (Å²) in [5, 5.41) is 9.71. The Morgan fingerprint density at radius 3 is 2.26 bits per heavy atom. The van der Waals surface area contributed by atoms with Crippen LogP contribution in [0.15, 0.2) is 66.7 Å². The van der Waals surface area contributed by atoms with Crippen LogP contribution in [0.4, 0.5) is 5.82 Å². The van der Waals surface area contributed by atoms with Crippen LogP contribution in [0.2, 0.25) is 0 Å². The van der Waals surface area contributed by atoms with Gasteiger partial charge in [0.25, 0.3) is 5.91 Å². The van der Waals surface area contributed by atoms with Crippen LogP contribution in [-0.2, 0) is 14.9 Å². The molecule has 0 aliphatic heterocycles. The summed E-state index contributed by atoms with van der Waals surface area (Å²) in [5.41, 5.74) is 3.51. The number of methoxy groups -OCH3 is 2. The summed E-state index contributed by atoms with van der Waals surface area (Å²) >= 11 is 0. The number of ether oxygens (including phenoxy) is 2. The van der Waals surface area contributed by atoms with Crippen LogP contribution in [0.5, 0.6) is 5.75 Å².